The molecule has 0 bridgehead atoms. The molecule has 0 aromatic heterocycles. The third-order valence-electron chi connectivity index (χ3n) is 2.45. The van der Waals surface area contributed by atoms with E-state index in [9.17, 15) is 5.11 Å². The van der Waals surface area contributed by atoms with Crippen molar-refractivity contribution in [2.24, 2.45) is 0 Å². The van der Waals surface area contributed by atoms with E-state index in [1.54, 1.807) is 18.2 Å². The summed E-state index contributed by atoms with van der Waals surface area (Å²) in [5.74, 6) is 0.401. The highest BCUT2D eigenvalue weighted by Crippen LogP contribution is 2.32. The van der Waals surface area contributed by atoms with Crippen molar-refractivity contribution in [2.75, 3.05) is 26.3 Å². The van der Waals surface area contributed by atoms with Crippen LogP contribution >= 0.6 is 23.2 Å². The van der Waals surface area contributed by atoms with Crippen LogP contribution in [0.5, 0.6) is 5.75 Å². The summed E-state index contributed by atoms with van der Waals surface area (Å²) in [4.78, 5) is 0. The van der Waals surface area contributed by atoms with Crippen molar-refractivity contribution in [1.82, 2.24) is 5.32 Å². The van der Waals surface area contributed by atoms with E-state index in [0.29, 0.717) is 35.5 Å². The summed E-state index contributed by atoms with van der Waals surface area (Å²) < 4.78 is 10.8. The topological polar surface area (TPSA) is 50.7 Å². The number of para-hydroxylation sites is 1. The van der Waals surface area contributed by atoms with Crippen molar-refractivity contribution in [3.05, 3.63) is 28.2 Å². The smallest absolute Gasteiger partial charge is 0.156 e. The highest BCUT2D eigenvalue weighted by atomic mass is 35.5. The Morgan fingerprint density at radius 3 is 2.50 bits per heavy atom. The second-order valence-electron chi connectivity index (χ2n) is 4.64. The van der Waals surface area contributed by atoms with Gasteiger partial charge in [-0.15, -0.1) is 0 Å². The zero-order valence-corrected chi connectivity index (χ0v) is 13.2. The van der Waals surface area contributed by atoms with E-state index >= 15 is 0 Å². The molecule has 1 unspecified atom stereocenters. The standard InChI is InChI=1S/C14H21Cl2NO3/c1-10(2)19-7-6-17-8-11(18)9-20-14-12(15)4-3-5-13(14)16/h3-5,10-11,17-18H,6-9H2,1-2H3. The molecular formula is C14H21Cl2NO3. The Labute approximate surface area is 130 Å². The van der Waals surface area contributed by atoms with Crippen molar-refractivity contribution in [1.29, 1.82) is 0 Å². The number of aliphatic hydroxyl groups is 1. The third kappa shape index (κ3) is 6.77. The molecule has 1 aromatic rings. The molecule has 0 aliphatic carbocycles. The summed E-state index contributed by atoms with van der Waals surface area (Å²) in [5, 5.41) is 13.7. The maximum Gasteiger partial charge on any atom is 0.156 e. The maximum atomic E-state index is 9.79. The lowest BCUT2D eigenvalue weighted by molar-refractivity contribution is 0.0736. The molecule has 0 saturated heterocycles. The van der Waals surface area contributed by atoms with E-state index in [0.717, 1.165) is 0 Å². The first kappa shape index (κ1) is 17.5. The lowest BCUT2D eigenvalue weighted by Gasteiger charge is -2.15. The molecule has 2 N–H and O–H groups in total. The molecule has 0 radical (unpaired) electrons. The number of rotatable bonds is 9. The van der Waals surface area contributed by atoms with Gasteiger partial charge in [-0.1, -0.05) is 29.3 Å². The van der Waals surface area contributed by atoms with Crippen molar-refractivity contribution in [3.8, 4) is 5.75 Å². The van der Waals surface area contributed by atoms with Gasteiger partial charge in [0.25, 0.3) is 0 Å². The van der Waals surface area contributed by atoms with Crippen LogP contribution in [0.25, 0.3) is 0 Å². The Balaban J connectivity index is 2.21. The fourth-order valence-corrected chi connectivity index (χ4v) is 2.00. The third-order valence-corrected chi connectivity index (χ3v) is 3.04. The molecule has 6 heteroatoms. The summed E-state index contributed by atoms with van der Waals surface area (Å²) >= 11 is 11.9. The van der Waals surface area contributed by atoms with E-state index < -0.39 is 6.10 Å². The first-order valence-corrected chi connectivity index (χ1v) is 7.33. The van der Waals surface area contributed by atoms with Gasteiger partial charge in [0.15, 0.2) is 5.75 Å². The second-order valence-corrected chi connectivity index (χ2v) is 5.45. The van der Waals surface area contributed by atoms with Gasteiger partial charge >= 0.3 is 0 Å². The van der Waals surface area contributed by atoms with Gasteiger partial charge in [0, 0.05) is 13.1 Å². The van der Waals surface area contributed by atoms with Crippen LogP contribution in [0.4, 0.5) is 0 Å². The Bertz CT molecular complexity index is 382. The van der Waals surface area contributed by atoms with E-state index in [1.165, 1.54) is 0 Å². The average molecular weight is 322 g/mol. The molecule has 1 aromatic carbocycles. The SMILES string of the molecule is CC(C)OCCNCC(O)COc1c(Cl)cccc1Cl. The number of hydrogen-bond donors (Lipinski definition) is 2. The van der Waals surface area contributed by atoms with Crippen LogP contribution in [-0.4, -0.2) is 43.6 Å². The van der Waals surface area contributed by atoms with Gasteiger partial charge in [0.2, 0.25) is 0 Å². The normalized spacial score (nSPS) is 12.7. The van der Waals surface area contributed by atoms with Crippen LogP contribution in [0.15, 0.2) is 18.2 Å². The Kier molecular flexibility index (Phi) is 8.26. The number of hydrogen-bond acceptors (Lipinski definition) is 4. The fourth-order valence-electron chi connectivity index (χ4n) is 1.49. The molecule has 0 fully saturated rings. The first-order chi connectivity index (χ1) is 9.50. The zero-order valence-electron chi connectivity index (χ0n) is 11.7. The van der Waals surface area contributed by atoms with Crippen LogP contribution in [0, 0.1) is 0 Å². The molecule has 114 valence electrons. The maximum absolute atomic E-state index is 9.79. The molecule has 0 aliphatic heterocycles. The fraction of sp³-hybridized carbons (Fsp3) is 0.571. The predicted octanol–water partition coefficient (Wildman–Crippen LogP) is 2.75. The van der Waals surface area contributed by atoms with Crippen LogP contribution in [0.3, 0.4) is 0 Å². The molecule has 20 heavy (non-hydrogen) atoms. The zero-order chi connectivity index (χ0) is 15.0. The molecule has 1 rings (SSSR count). The summed E-state index contributed by atoms with van der Waals surface area (Å²) in [6.07, 6.45) is -0.422. The van der Waals surface area contributed by atoms with Gasteiger partial charge in [-0.25, -0.2) is 0 Å². The summed E-state index contributed by atoms with van der Waals surface area (Å²) in [6, 6.07) is 5.12. The number of halogens is 2. The molecule has 0 amide bonds. The summed E-state index contributed by atoms with van der Waals surface area (Å²) in [6.45, 7) is 5.81. The summed E-state index contributed by atoms with van der Waals surface area (Å²) in [7, 11) is 0. The number of aliphatic hydroxyl groups excluding tert-OH is 1. The molecule has 1 atom stereocenters. The van der Waals surface area contributed by atoms with Crippen molar-refractivity contribution >= 4 is 23.2 Å². The van der Waals surface area contributed by atoms with Gasteiger partial charge in [-0.3, -0.25) is 0 Å². The first-order valence-electron chi connectivity index (χ1n) is 6.58. The monoisotopic (exact) mass is 321 g/mol. The van der Waals surface area contributed by atoms with Gasteiger partial charge in [-0.2, -0.15) is 0 Å². The Morgan fingerprint density at radius 2 is 1.90 bits per heavy atom. The van der Waals surface area contributed by atoms with E-state index in [4.69, 9.17) is 32.7 Å². The van der Waals surface area contributed by atoms with Crippen LogP contribution in [0.1, 0.15) is 13.8 Å². The minimum atomic E-state index is -0.638. The predicted molar refractivity (Wildman–Crippen MR) is 81.9 cm³/mol. The van der Waals surface area contributed by atoms with Crippen molar-refractivity contribution < 1.29 is 14.6 Å². The number of ether oxygens (including phenoxy) is 2. The quantitative estimate of drug-likeness (QED) is 0.687. The Morgan fingerprint density at radius 1 is 1.25 bits per heavy atom. The molecular weight excluding hydrogens is 301 g/mol. The van der Waals surface area contributed by atoms with Crippen molar-refractivity contribution in [2.45, 2.75) is 26.1 Å². The summed E-state index contributed by atoms with van der Waals surface area (Å²) in [5.41, 5.74) is 0. The second kappa shape index (κ2) is 9.42. The minimum Gasteiger partial charge on any atom is -0.488 e. The van der Waals surface area contributed by atoms with Crippen LogP contribution in [0.2, 0.25) is 10.0 Å². The molecule has 0 saturated carbocycles. The van der Waals surface area contributed by atoms with Crippen LogP contribution in [-0.2, 0) is 4.74 Å². The lowest BCUT2D eigenvalue weighted by Crippen LogP contribution is -2.33. The largest absolute Gasteiger partial charge is 0.488 e. The minimum absolute atomic E-state index is 0.126. The molecule has 0 heterocycles. The highest BCUT2D eigenvalue weighted by molar-refractivity contribution is 6.37. The van der Waals surface area contributed by atoms with Gasteiger partial charge in [0.05, 0.1) is 22.8 Å². The van der Waals surface area contributed by atoms with E-state index in [2.05, 4.69) is 5.32 Å². The van der Waals surface area contributed by atoms with E-state index in [-0.39, 0.29) is 12.7 Å². The van der Waals surface area contributed by atoms with E-state index in [1.807, 2.05) is 13.8 Å². The number of benzene rings is 1. The molecule has 0 spiro atoms. The van der Waals surface area contributed by atoms with Crippen LogP contribution < -0.4 is 10.1 Å². The number of nitrogens with one attached hydrogen (secondary N) is 1. The Hall–Kier alpha value is -0.520. The van der Waals surface area contributed by atoms with Gasteiger partial charge in [-0.05, 0) is 26.0 Å². The van der Waals surface area contributed by atoms with Gasteiger partial charge in [0.1, 0.15) is 12.7 Å². The molecule has 4 nitrogen and oxygen atoms in total. The molecule has 0 aliphatic rings. The highest BCUT2D eigenvalue weighted by Gasteiger charge is 2.10. The van der Waals surface area contributed by atoms with Gasteiger partial charge < -0.3 is 19.9 Å². The van der Waals surface area contributed by atoms with Crippen molar-refractivity contribution in [3.63, 3.8) is 0 Å². The average Bonchev–Trinajstić information content (AvgIpc) is 2.37. The lowest BCUT2D eigenvalue weighted by atomic mass is 10.3.